The van der Waals surface area contributed by atoms with E-state index < -0.39 is 6.10 Å². The van der Waals surface area contributed by atoms with E-state index in [0.717, 1.165) is 13.0 Å². The number of benzene rings is 1. The van der Waals surface area contributed by atoms with Crippen molar-refractivity contribution in [2.24, 2.45) is 5.92 Å². The maximum Gasteiger partial charge on any atom is 0.251 e. The molecule has 1 fully saturated rings. The van der Waals surface area contributed by atoms with E-state index >= 15 is 0 Å². The molecule has 1 aromatic carbocycles. The first kappa shape index (κ1) is 16.9. The third kappa shape index (κ3) is 4.16. The van der Waals surface area contributed by atoms with E-state index in [4.69, 9.17) is 0 Å². The second-order valence-electron chi connectivity index (χ2n) is 4.99. The molecule has 0 unspecified atom stereocenters. The van der Waals surface area contributed by atoms with E-state index in [9.17, 15) is 14.3 Å². The minimum Gasteiger partial charge on any atom is -0.391 e. The van der Waals surface area contributed by atoms with E-state index in [0.29, 0.717) is 24.2 Å². The highest BCUT2D eigenvalue weighted by molar-refractivity contribution is 5.95. The number of carbonyl (C=O) groups is 1. The van der Waals surface area contributed by atoms with Gasteiger partial charge < -0.3 is 15.7 Å². The maximum atomic E-state index is 13.0. The van der Waals surface area contributed by atoms with Gasteiger partial charge in [-0.25, -0.2) is 4.39 Å². The van der Waals surface area contributed by atoms with Crippen molar-refractivity contribution in [3.63, 3.8) is 0 Å². The quantitative estimate of drug-likeness (QED) is 0.788. The molecule has 1 heterocycles. The molecule has 3 N–H and O–H groups in total. The lowest BCUT2D eigenvalue weighted by Gasteiger charge is -2.28. The van der Waals surface area contributed by atoms with Crippen LogP contribution >= 0.6 is 12.4 Å². The Kier molecular flexibility index (Phi) is 6.39. The lowest BCUT2D eigenvalue weighted by molar-refractivity contribution is 0.0753. The van der Waals surface area contributed by atoms with Crippen molar-refractivity contribution in [3.05, 3.63) is 35.1 Å². The summed E-state index contributed by atoms with van der Waals surface area (Å²) in [6.45, 7) is 3.57. The summed E-state index contributed by atoms with van der Waals surface area (Å²) in [5, 5.41) is 15.7. The van der Waals surface area contributed by atoms with E-state index in [-0.39, 0.29) is 30.0 Å². The normalized spacial score (nSPS) is 21.9. The second-order valence-corrected chi connectivity index (χ2v) is 4.99. The molecule has 20 heavy (non-hydrogen) atoms. The Bertz CT molecular complexity index is 470. The molecule has 112 valence electrons. The van der Waals surface area contributed by atoms with Crippen molar-refractivity contribution in [1.29, 1.82) is 0 Å². The Morgan fingerprint density at radius 2 is 2.30 bits per heavy atom. The number of rotatable bonds is 3. The molecular weight excluding hydrogens is 283 g/mol. The molecule has 1 aliphatic heterocycles. The zero-order chi connectivity index (χ0) is 13.8. The molecule has 0 spiro atoms. The molecule has 1 aliphatic rings. The molecule has 0 aromatic heterocycles. The first-order chi connectivity index (χ1) is 9.08. The van der Waals surface area contributed by atoms with Crippen LogP contribution in [0.5, 0.6) is 0 Å². The monoisotopic (exact) mass is 302 g/mol. The molecule has 0 aliphatic carbocycles. The van der Waals surface area contributed by atoms with Crippen LogP contribution < -0.4 is 10.6 Å². The first-order valence-electron chi connectivity index (χ1n) is 6.51. The van der Waals surface area contributed by atoms with Crippen LogP contribution in [0.3, 0.4) is 0 Å². The number of piperidine rings is 1. The lowest BCUT2D eigenvalue weighted by Crippen LogP contribution is -2.45. The minimum absolute atomic E-state index is 0. The van der Waals surface area contributed by atoms with Crippen molar-refractivity contribution in [1.82, 2.24) is 10.6 Å². The fourth-order valence-electron chi connectivity index (χ4n) is 2.34. The largest absolute Gasteiger partial charge is 0.391 e. The molecule has 0 bridgehead atoms. The number of β-amino-alcohol motifs (C(OH)–C–C–N with tert-alkyl or cyclic N) is 1. The molecule has 0 saturated carbocycles. The van der Waals surface area contributed by atoms with Crippen molar-refractivity contribution in [3.8, 4) is 0 Å². The van der Waals surface area contributed by atoms with Gasteiger partial charge in [0.15, 0.2) is 0 Å². The smallest absolute Gasteiger partial charge is 0.251 e. The molecule has 1 amide bonds. The van der Waals surface area contributed by atoms with Gasteiger partial charge in [-0.05, 0) is 43.7 Å². The lowest BCUT2D eigenvalue weighted by atomic mass is 9.95. The number of carbonyl (C=O) groups excluding carboxylic acids is 1. The topological polar surface area (TPSA) is 61.4 Å². The second kappa shape index (κ2) is 7.57. The van der Waals surface area contributed by atoms with Crippen LogP contribution in [0.1, 0.15) is 22.3 Å². The Balaban J connectivity index is 0.00000200. The van der Waals surface area contributed by atoms with Crippen LogP contribution in [0.15, 0.2) is 18.2 Å². The van der Waals surface area contributed by atoms with Gasteiger partial charge >= 0.3 is 0 Å². The van der Waals surface area contributed by atoms with Gasteiger partial charge in [-0.3, -0.25) is 4.79 Å². The fraction of sp³-hybridized carbons (Fsp3) is 0.500. The molecule has 1 aromatic rings. The molecule has 6 heteroatoms. The van der Waals surface area contributed by atoms with Gasteiger partial charge in [0.1, 0.15) is 5.82 Å². The van der Waals surface area contributed by atoms with Crippen LogP contribution in [0.25, 0.3) is 0 Å². The molecule has 1 saturated heterocycles. The Morgan fingerprint density at radius 3 is 2.95 bits per heavy atom. The summed E-state index contributed by atoms with van der Waals surface area (Å²) in [6.07, 6.45) is 0.410. The van der Waals surface area contributed by atoms with Gasteiger partial charge in [0.2, 0.25) is 0 Å². The number of halogens is 2. The van der Waals surface area contributed by atoms with Gasteiger partial charge in [0.25, 0.3) is 5.91 Å². The van der Waals surface area contributed by atoms with Crippen molar-refractivity contribution in [2.75, 3.05) is 19.6 Å². The molecule has 4 nitrogen and oxygen atoms in total. The Labute approximate surface area is 124 Å². The number of hydrogen-bond acceptors (Lipinski definition) is 3. The predicted octanol–water partition coefficient (Wildman–Crippen LogP) is 1.26. The Hall–Kier alpha value is -1.17. The summed E-state index contributed by atoms with van der Waals surface area (Å²) < 4.78 is 13.0. The summed E-state index contributed by atoms with van der Waals surface area (Å²) >= 11 is 0. The average Bonchev–Trinajstić information content (AvgIpc) is 2.37. The van der Waals surface area contributed by atoms with E-state index in [1.54, 1.807) is 6.92 Å². The summed E-state index contributed by atoms with van der Waals surface area (Å²) in [4.78, 5) is 12.0. The fourth-order valence-corrected chi connectivity index (χ4v) is 2.34. The molecule has 0 radical (unpaired) electrons. The van der Waals surface area contributed by atoms with Gasteiger partial charge in [-0.15, -0.1) is 12.4 Å². The number of amides is 1. The SMILES string of the molecule is Cc1cc(F)ccc1C(=O)NC[C@@H]1CCNC[C@H]1O.Cl. The maximum absolute atomic E-state index is 13.0. The van der Waals surface area contributed by atoms with Crippen LogP contribution in [-0.4, -0.2) is 36.8 Å². The number of aliphatic hydroxyl groups excluding tert-OH is 1. The van der Waals surface area contributed by atoms with Gasteiger partial charge in [0.05, 0.1) is 6.10 Å². The van der Waals surface area contributed by atoms with Crippen LogP contribution in [0, 0.1) is 18.7 Å². The summed E-state index contributed by atoms with van der Waals surface area (Å²) in [6, 6.07) is 4.11. The molecular formula is C14H20ClFN2O2. The molecule has 2 atom stereocenters. The molecule has 2 rings (SSSR count). The van der Waals surface area contributed by atoms with Gasteiger partial charge in [0, 0.05) is 24.6 Å². The highest BCUT2D eigenvalue weighted by atomic mass is 35.5. The minimum atomic E-state index is -0.427. The number of nitrogens with one attached hydrogen (secondary N) is 2. The first-order valence-corrected chi connectivity index (χ1v) is 6.51. The zero-order valence-corrected chi connectivity index (χ0v) is 12.2. The zero-order valence-electron chi connectivity index (χ0n) is 11.4. The van der Waals surface area contributed by atoms with Gasteiger partial charge in [-0.2, -0.15) is 0 Å². The van der Waals surface area contributed by atoms with Crippen molar-refractivity contribution >= 4 is 18.3 Å². The number of aliphatic hydroxyl groups is 1. The average molecular weight is 303 g/mol. The van der Waals surface area contributed by atoms with E-state index in [2.05, 4.69) is 10.6 Å². The highest BCUT2D eigenvalue weighted by Gasteiger charge is 2.23. The van der Waals surface area contributed by atoms with E-state index in [1.165, 1.54) is 18.2 Å². The van der Waals surface area contributed by atoms with Crippen LogP contribution in [-0.2, 0) is 0 Å². The Morgan fingerprint density at radius 1 is 1.55 bits per heavy atom. The van der Waals surface area contributed by atoms with Gasteiger partial charge in [-0.1, -0.05) is 0 Å². The predicted molar refractivity (Wildman–Crippen MR) is 77.7 cm³/mol. The van der Waals surface area contributed by atoms with Crippen LogP contribution in [0.4, 0.5) is 4.39 Å². The third-order valence-corrected chi connectivity index (χ3v) is 3.55. The number of aryl methyl sites for hydroxylation is 1. The third-order valence-electron chi connectivity index (χ3n) is 3.55. The van der Waals surface area contributed by atoms with Crippen LogP contribution in [0.2, 0.25) is 0 Å². The standard InChI is InChI=1S/C14H19FN2O2.ClH/c1-9-6-11(15)2-3-12(9)14(19)17-7-10-4-5-16-8-13(10)18;/h2-3,6,10,13,16,18H,4-5,7-8H2,1H3,(H,17,19);1H/t10-,13+;/m0./s1. The summed E-state index contributed by atoms with van der Waals surface area (Å²) in [5.41, 5.74) is 1.09. The van der Waals surface area contributed by atoms with Crippen molar-refractivity contribution in [2.45, 2.75) is 19.4 Å². The summed E-state index contributed by atoms with van der Waals surface area (Å²) in [5.74, 6) is -0.489. The summed E-state index contributed by atoms with van der Waals surface area (Å²) in [7, 11) is 0. The highest BCUT2D eigenvalue weighted by Crippen LogP contribution is 2.13. The van der Waals surface area contributed by atoms with Crippen molar-refractivity contribution < 1.29 is 14.3 Å². The van der Waals surface area contributed by atoms with E-state index in [1.807, 2.05) is 0 Å². The number of hydrogen-bond donors (Lipinski definition) is 3.